The van der Waals surface area contributed by atoms with Crippen LogP contribution < -0.4 is 11.1 Å². The molecule has 3 rings (SSSR count). The molecule has 3 N–H and O–H groups in total. The molecule has 0 spiro atoms. The molecule has 0 saturated heterocycles. The van der Waals surface area contributed by atoms with E-state index in [0.29, 0.717) is 19.0 Å². The third kappa shape index (κ3) is 3.77. The fraction of sp³-hybridized carbons (Fsp3) is 0.368. The molecule has 0 radical (unpaired) electrons. The Hall–Kier alpha value is -2.20. The molecule has 1 aliphatic carbocycles. The van der Waals surface area contributed by atoms with E-state index in [1.807, 2.05) is 18.3 Å². The van der Waals surface area contributed by atoms with Crippen LogP contribution in [-0.2, 0) is 11.3 Å². The highest BCUT2D eigenvalue weighted by atomic mass is 16.1. The predicted octanol–water partition coefficient (Wildman–Crippen LogP) is 2.74. The van der Waals surface area contributed by atoms with E-state index in [2.05, 4.69) is 34.6 Å². The van der Waals surface area contributed by atoms with Crippen molar-refractivity contribution in [2.24, 2.45) is 17.6 Å². The van der Waals surface area contributed by atoms with E-state index < -0.39 is 0 Å². The molecule has 4 heteroatoms. The Morgan fingerprint density at radius 2 is 2.00 bits per heavy atom. The van der Waals surface area contributed by atoms with E-state index in [0.717, 1.165) is 36.0 Å². The summed E-state index contributed by atoms with van der Waals surface area (Å²) in [5.74, 6) is 0.590. The minimum atomic E-state index is 0.0923. The summed E-state index contributed by atoms with van der Waals surface area (Å²) in [6, 6.07) is 12.2. The third-order valence-electron chi connectivity index (χ3n) is 4.71. The number of nitrogens with one attached hydrogen (secondary N) is 1. The normalized spacial score (nSPS) is 20.4. The smallest absolute Gasteiger partial charge is 0.223 e. The van der Waals surface area contributed by atoms with E-state index in [4.69, 9.17) is 5.73 Å². The second-order valence-electron chi connectivity index (χ2n) is 6.19. The van der Waals surface area contributed by atoms with Gasteiger partial charge in [-0.3, -0.25) is 9.78 Å². The number of hydrogen-bond acceptors (Lipinski definition) is 3. The number of pyridine rings is 1. The van der Waals surface area contributed by atoms with Gasteiger partial charge in [-0.2, -0.15) is 0 Å². The van der Waals surface area contributed by atoms with Gasteiger partial charge in [0.2, 0.25) is 5.91 Å². The van der Waals surface area contributed by atoms with Crippen molar-refractivity contribution in [3.05, 3.63) is 54.4 Å². The molecule has 0 unspecified atom stereocenters. The maximum absolute atomic E-state index is 12.3. The molecule has 0 aliphatic heterocycles. The maximum Gasteiger partial charge on any atom is 0.223 e. The number of rotatable bonds is 5. The van der Waals surface area contributed by atoms with E-state index in [-0.39, 0.29) is 11.8 Å². The maximum atomic E-state index is 12.3. The average molecular weight is 309 g/mol. The van der Waals surface area contributed by atoms with Crippen LogP contribution in [-0.4, -0.2) is 17.4 Å². The largest absolute Gasteiger partial charge is 0.352 e. The van der Waals surface area contributed by atoms with Crippen LogP contribution in [0.15, 0.2) is 48.8 Å². The fourth-order valence-corrected chi connectivity index (χ4v) is 3.33. The van der Waals surface area contributed by atoms with Crippen molar-refractivity contribution in [3.63, 3.8) is 0 Å². The Bertz CT molecular complexity index is 639. The Labute approximate surface area is 137 Å². The summed E-state index contributed by atoms with van der Waals surface area (Å²) in [6.45, 7) is 1.18. The average Bonchev–Trinajstić information content (AvgIpc) is 3.10. The van der Waals surface area contributed by atoms with Crippen molar-refractivity contribution in [1.29, 1.82) is 0 Å². The van der Waals surface area contributed by atoms with Gasteiger partial charge in [-0.25, -0.2) is 0 Å². The summed E-state index contributed by atoms with van der Waals surface area (Å²) in [6.07, 6.45) is 6.77. The zero-order chi connectivity index (χ0) is 16.1. The summed E-state index contributed by atoms with van der Waals surface area (Å²) in [5, 5.41) is 3.06. The van der Waals surface area contributed by atoms with Crippen molar-refractivity contribution in [1.82, 2.24) is 10.3 Å². The number of nitrogens with two attached hydrogens (primary N) is 1. The lowest BCUT2D eigenvalue weighted by molar-refractivity contribution is -0.126. The van der Waals surface area contributed by atoms with Crippen LogP contribution in [0.5, 0.6) is 0 Å². The molecular formula is C19H23N3O. The SMILES string of the molecule is NC[C@H]1CCC[C@H]1C(=O)NCc1ccc(-c2cccnc2)cc1. The van der Waals surface area contributed by atoms with Gasteiger partial charge in [-0.15, -0.1) is 0 Å². The topological polar surface area (TPSA) is 68.0 Å². The van der Waals surface area contributed by atoms with Crippen molar-refractivity contribution >= 4 is 5.91 Å². The van der Waals surface area contributed by atoms with E-state index in [9.17, 15) is 4.79 Å². The van der Waals surface area contributed by atoms with Gasteiger partial charge in [0.05, 0.1) is 0 Å². The van der Waals surface area contributed by atoms with Gasteiger partial charge in [0.15, 0.2) is 0 Å². The van der Waals surface area contributed by atoms with Gasteiger partial charge in [0.25, 0.3) is 0 Å². The van der Waals surface area contributed by atoms with Crippen molar-refractivity contribution in [2.75, 3.05) is 6.54 Å². The summed E-state index contributed by atoms with van der Waals surface area (Å²) < 4.78 is 0. The summed E-state index contributed by atoms with van der Waals surface area (Å²) >= 11 is 0. The lowest BCUT2D eigenvalue weighted by Crippen LogP contribution is -2.34. The lowest BCUT2D eigenvalue weighted by Gasteiger charge is -2.17. The molecular weight excluding hydrogens is 286 g/mol. The number of carbonyl (C=O) groups excluding carboxylic acids is 1. The first-order valence-electron chi connectivity index (χ1n) is 8.25. The molecule has 1 fully saturated rings. The number of nitrogens with zero attached hydrogens (tertiary/aromatic N) is 1. The van der Waals surface area contributed by atoms with Crippen LogP contribution in [0, 0.1) is 11.8 Å². The summed E-state index contributed by atoms with van der Waals surface area (Å²) in [4.78, 5) is 16.4. The molecule has 120 valence electrons. The molecule has 1 aromatic heterocycles. The zero-order valence-electron chi connectivity index (χ0n) is 13.2. The van der Waals surface area contributed by atoms with E-state index in [1.165, 1.54) is 0 Å². The Morgan fingerprint density at radius 1 is 1.17 bits per heavy atom. The Morgan fingerprint density at radius 3 is 2.70 bits per heavy atom. The summed E-state index contributed by atoms with van der Waals surface area (Å²) in [7, 11) is 0. The van der Waals surface area contributed by atoms with Crippen LogP contribution in [0.25, 0.3) is 11.1 Å². The molecule has 0 bridgehead atoms. The molecule has 1 aromatic carbocycles. The number of benzene rings is 1. The second-order valence-corrected chi connectivity index (χ2v) is 6.19. The molecule has 1 heterocycles. The number of amides is 1. The fourth-order valence-electron chi connectivity index (χ4n) is 3.33. The standard InChI is InChI=1S/C19H23N3O/c20-11-16-3-1-5-18(16)19(23)22-12-14-6-8-15(9-7-14)17-4-2-10-21-13-17/h2,4,6-10,13,16,18H,1,3,5,11-12,20H2,(H,22,23)/t16-,18-/m1/s1. The number of hydrogen-bond donors (Lipinski definition) is 2. The summed E-state index contributed by atoms with van der Waals surface area (Å²) in [5.41, 5.74) is 9.09. The van der Waals surface area contributed by atoms with Gasteiger partial charge in [0.1, 0.15) is 0 Å². The van der Waals surface area contributed by atoms with Crippen LogP contribution in [0.2, 0.25) is 0 Å². The molecule has 2 aromatic rings. The van der Waals surface area contributed by atoms with Crippen molar-refractivity contribution in [2.45, 2.75) is 25.8 Å². The lowest BCUT2D eigenvalue weighted by atomic mass is 9.95. The van der Waals surface area contributed by atoms with Gasteiger partial charge in [-0.05, 0) is 48.1 Å². The highest BCUT2D eigenvalue weighted by Gasteiger charge is 2.31. The van der Waals surface area contributed by atoms with Gasteiger partial charge >= 0.3 is 0 Å². The van der Waals surface area contributed by atoms with Gasteiger partial charge < -0.3 is 11.1 Å². The second kappa shape index (κ2) is 7.38. The monoisotopic (exact) mass is 309 g/mol. The van der Waals surface area contributed by atoms with Crippen LogP contribution in [0.1, 0.15) is 24.8 Å². The molecule has 1 aliphatic rings. The number of aromatic nitrogens is 1. The molecule has 2 atom stereocenters. The van der Waals surface area contributed by atoms with E-state index >= 15 is 0 Å². The molecule has 1 amide bonds. The number of carbonyl (C=O) groups is 1. The molecule has 1 saturated carbocycles. The zero-order valence-corrected chi connectivity index (χ0v) is 13.2. The molecule has 23 heavy (non-hydrogen) atoms. The predicted molar refractivity (Wildman–Crippen MR) is 91.4 cm³/mol. The highest BCUT2D eigenvalue weighted by molar-refractivity contribution is 5.79. The molecule has 4 nitrogen and oxygen atoms in total. The first-order chi connectivity index (χ1) is 11.3. The van der Waals surface area contributed by atoms with Crippen LogP contribution in [0.4, 0.5) is 0 Å². The van der Waals surface area contributed by atoms with Crippen molar-refractivity contribution in [3.8, 4) is 11.1 Å². The van der Waals surface area contributed by atoms with Crippen LogP contribution in [0.3, 0.4) is 0 Å². The minimum Gasteiger partial charge on any atom is -0.352 e. The first-order valence-corrected chi connectivity index (χ1v) is 8.25. The third-order valence-corrected chi connectivity index (χ3v) is 4.71. The first kappa shape index (κ1) is 15.7. The van der Waals surface area contributed by atoms with Gasteiger partial charge in [0, 0.05) is 24.9 Å². The highest BCUT2D eigenvalue weighted by Crippen LogP contribution is 2.31. The minimum absolute atomic E-state index is 0.0923. The van der Waals surface area contributed by atoms with Gasteiger partial charge in [-0.1, -0.05) is 36.8 Å². The van der Waals surface area contributed by atoms with E-state index in [1.54, 1.807) is 6.20 Å². The quantitative estimate of drug-likeness (QED) is 0.892. The Balaban J connectivity index is 1.57. The Kier molecular flexibility index (Phi) is 5.03. The van der Waals surface area contributed by atoms with Crippen molar-refractivity contribution < 1.29 is 4.79 Å². The van der Waals surface area contributed by atoms with Crippen LogP contribution >= 0.6 is 0 Å².